The van der Waals surface area contributed by atoms with Crippen molar-refractivity contribution in [1.82, 2.24) is 25.0 Å². The number of hydrogen-bond acceptors (Lipinski definition) is 5. The molecule has 0 spiro atoms. The van der Waals surface area contributed by atoms with Crippen molar-refractivity contribution in [3.8, 4) is 0 Å². The Kier molecular flexibility index (Phi) is 6.20. The number of fused-ring (bicyclic) bond motifs is 3. The first-order valence-electron chi connectivity index (χ1n) is 12.5. The van der Waals surface area contributed by atoms with Crippen LogP contribution in [0.2, 0.25) is 0 Å². The molecule has 0 atom stereocenters. The Labute approximate surface area is 199 Å². The molecule has 182 valence electrons. The lowest BCUT2D eigenvalue weighted by Crippen LogP contribution is -2.53. The van der Waals surface area contributed by atoms with Crippen molar-refractivity contribution < 1.29 is 9.53 Å². The van der Waals surface area contributed by atoms with Gasteiger partial charge in [-0.05, 0) is 64.4 Å². The average molecular weight is 466 g/mol. The Morgan fingerprint density at radius 3 is 2.65 bits per heavy atom. The van der Waals surface area contributed by atoms with Gasteiger partial charge in [0, 0.05) is 36.2 Å². The molecular weight excluding hydrogens is 430 g/mol. The molecule has 3 heterocycles. The fourth-order valence-electron chi connectivity index (χ4n) is 5.78. The van der Waals surface area contributed by atoms with E-state index in [0.29, 0.717) is 30.7 Å². The van der Waals surface area contributed by atoms with Crippen molar-refractivity contribution in [2.45, 2.75) is 63.5 Å². The number of pyridine rings is 1. The zero-order chi connectivity index (χ0) is 23.9. The summed E-state index contributed by atoms with van der Waals surface area (Å²) in [5.41, 5.74) is 2.89. The SMILES string of the molecule is Cc1cc2[nH]c(=O)c3cnn(C4CCOCC4)c3c2cc1C(=O)NCC1(N(C)C)CCCCC1. The van der Waals surface area contributed by atoms with Gasteiger partial charge in [0.2, 0.25) is 0 Å². The summed E-state index contributed by atoms with van der Waals surface area (Å²) in [6.45, 7) is 3.94. The van der Waals surface area contributed by atoms with Crippen LogP contribution >= 0.6 is 0 Å². The number of aromatic amines is 1. The maximum atomic E-state index is 13.4. The highest BCUT2D eigenvalue weighted by atomic mass is 16.5. The van der Waals surface area contributed by atoms with E-state index in [-0.39, 0.29) is 23.0 Å². The van der Waals surface area contributed by atoms with E-state index in [4.69, 9.17) is 4.74 Å². The van der Waals surface area contributed by atoms with E-state index in [9.17, 15) is 9.59 Å². The molecule has 2 aromatic heterocycles. The van der Waals surface area contributed by atoms with Crippen LogP contribution in [0.4, 0.5) is 0 Å². The Morgan fingerprint density at radius 1 is 1.21 bits per heavy atom. The molecule has 8 heteroatoms. The highest BCUT2D eigenvalue weighted by molar-refractivity contribution is 6.07. The van der Waals surface area contributed by atoms with Crippen LogP contribution in [-0.4, -0.2) is 65.0 Å². The zero-order valence-corrected chi connectivity index (χ0v) is 20.4. The normalized spacial score (nSPS) is 19.2. The topological polar surface area (TPSA) is 92.2 Å². The van der Waals surface area contributed by atoms with E-state index in [0.717, 1.165) is 47.7 Å². The molecule has 2 fully saturated rings. The summed E-state index contributed by atoms with van der Waals surface area (Å²) >= 11 is 0. The number of rotatable bonds is 5. The van der Waals surface area contributed by atoms with Crippen LogP contribution < -0.4 is 10.9 Å². The summed E-state index contributed by atoms with van der Waals surface area (Å²) in [5, 5.41) is 9.24. The molecule has 1 aliphatic carbocycles. The number of amides is 1. The van der Waals surface area contributed by atoms with Crippen LogP contribution in [0.3, 0.4) is 0 Å². The van der Waals surface area contributed by atoms with Crippen molar-refractivity contribution in [3.63, 3.8) is 0 Å². The number of ether oxygens (including phenoxy) is 1. The molecule has 0 radical (unpaired) electrons. The first-order chi connectivity index (χ1) is 16.4. The quantitative estimate of drug-likeness (QED) is 0.601. The van der Waals surface area contributed by atoms with Crippen LogP contribution in [0.5, 0.6) is 0 Å². The van der Waals surface area contributed by atoms with E-state index in [1.54, 1.807) is 6.20 Å². The van der Waals surface area contributed by atoms with E-state index >= 15 is 0 Å². The summed E-state index contributed by atoms with van der Waals surface area (Å²) in [4.78, 5) is 31.4. The number of nitrogens with one attached hydrogen (secondary N) is 2. The Hall–Kier alpha value is -2.71. The second-order valence-electron chi connectivity index (χ2n) is 10.2. The van der Waals surface area contributed by atoms with Gasteiger partial charge in [-0.1, -0.05) is 19.3 Å². The molecule has 1 aromatic carbocycles. The Balaban J connectivity index is 1.53. The minimum Gasteiger partial charge on any atom is -0.381 e. The van der Waals surface area contributed by atoms with E-state index in [1.165, 1.54) is 19.3 Å². The van der Waals surface area contributed by atoms with Crippen LogP contribution in [0, 0.1) is 6.92 Å². The first-order valence-corrected chi connectivity index (χ1v) is 12.5. The van der Waals surface area contributed by atoms with Crippen molar-refractivity contribution in [3.05, 3.63) is 39.8 Å². The minimum atomic E-state index is -0.150. The van der Waals surface area contributed by atoms with Crippen molar-refractivity contribution in [2.24, 2.45) is 0 Å². The van der Waals surface area contributed by atoms with Crippen LogP contribution in [0.15, 0.2) is 23.1 Å². The summed E-state index contributed by atoms with van der Waals surface area (Å²) in [6.07, 6.45) is 9.23. The lowest BCUT2D eigenvalue weighted by Gasteiger charge is -2.43. The van der Waals surface area contributed by atoms with Gasteiger partial charge in [-0.15, -0.1) is 0 Å². The molecule has 1 amide bonds. The van der Waals surface area contributed by atoms with Gasteiger partial charge >= 0.3 is 0 Å². The lowest BCUT2D eigenvalue weighted by atomic mass is 9.80. The number of aromatic nitrogens is 3. The third-order valence-corrected chi connectivity index (χ3v) is 8.00. The Morgan fingerprint density at radius 2 is 1.94 bits per heavy atom. The predicted octanol–water partition coefficient (Wildman–Crippen LogP) is 3.53. The van der Waals surface area contributed by atoms with Crippen molar-refractivity contribution >= 4 is 27.7 Å². The van der Waals surface area contributed by atoms with E-state index in [1.807, 2.05) is 23.7 Å². The van der Waals surface area contributed by atoms with Gasteiger partial charge in [0.15, 0.2) is 0 Å². The smallest absolute Gasteiger partial charge is 0.259 e. The summed E-state index contributed by atoms with van der Waals surface area (Å²) in [7, 11) is 4.23. The predicted molar refractivity (Wildman–Crippen MR) is 134 cm³/mol. The van der Waals surface area contributed by atoms with Gasteiger partial charge in [0.25, 0.3) is 11.5 Å². The molecular formula is C26H35N5O3. The molecule has 1 aliphatic heterocycles. The fourth-order valence-corrected chi connectivity index (χ4v) is 5.78. The number of likely N-dealkylation sites (N-methyl/N-ethyl adjacent to an activating group) is 1. The molecule has 8 nitrogen and oxygen atoms in total. The van der Waals surface area contributed by atoms with Gasteiger partial charge in [-0.25, -0.2) is 0 Å². The van der Waals surface area contributed by atoms with E-state index in [2.05, 4.69) is 34.4 Å². The Bertz CT molecular complexity index is 1260. The number of benzene rings is 1. The summed E-state index contributed by atoms with van der Waals surface area (Å²) < 4.78 is 7.49. The molecule has 2 N–H and O–H groups in total. The molecule has 3 aromatic rings. The number of nitrogens with zero attached hydrogens (tertiary/aromatic N) is 3. The standard InChI is InChI=1S/C26H35N5O3/c1-17-13-22-20(14-19(17)24(32)27-16-26(30(2)3)9-5-4-6-10-26)23-21(25(33)29-22)15-28-31(23)18-7-11-34-12-8-18/h13-15,18H,4-12,16H2,1-3H3,(H,27,32)(H,29,33). The highest BCUT2D eigenvalue weighted by Crippen LogP contribution is 2.32. The second kappa shape index (κ2) is 9.15. The highest BCUT2D eigenvalue weighted by Gasteiger charge is 2.34. The molecule has 1 saturated heterocycles. The molecule has 0 unspecified atom stereocenters. The van der Waals surface area contributed by atoms with Crippen molar-refractivity contribution in [2.75, 3.05) is 33.9 Å². The number of carbonyl (C=O) groups is 1. The number of aryl methyl sites for hydroxylation is 1. The first kappa shape index (κ1) is 23.1. The van der Waals surface area contributed by atoms with Crippen molar-refractivity contribution in [1.29, 1.82) is 0 Å². The van der Waals surface area contributed by atoms with E-state index < -0.39 is 0 Å². The van der Waals surface area contributed by atoms with Crippen LogP contribution in [0.25, 0.3) is 21.8 Å². The summed E-state index contributed by atoms with van der Waals surface area (Å²) in [6, 6.07) is 4.02. The van der Waals surface area contributed by atoms with Gasteiger partial charge in [-0.2, -0.15) is 5.10 Å². The van der Waals surface area contributed by atoms with Crippen LogP contribution in [-0.2, 0) is 4.74 Å². The maximum Gasteiger partial charge on any atom is 0.259 e. The molecule has 34 heavy (non-hydrogen) atoms. The van der Waals surface area contributed by atoms with Gasteiger partial charge < -0.3 is 19.9 Å². The van der Waals surface area contributed by atoms with Gasteiger partial charge in [0.1, 0.15) is 0 Å². The number of hydrogen-bond donors (Lipinski definition) is 2. The van der Waals surface area contributed by atoms with Crippen LogP contribution in [0.1, 0.15) is 66.9 Å². The molecule has 1 saturated carbocycles. The molecule has 2 aliphatic rings. The average Bonchev–Trinajstić information content (AvgIpc) is 3.29. The monoisotopic (exact) mass is 465 g/mol. The number of H-pyrrole nitrogens is 1. The second-order valence-corrected chi connectivity index (χ2v) is 10.2. The minimum absolute atomic E-state index is 0.0127. The maximum absolute atomic E-state index is 13.4. The lowest BCUT2D eigenvalue weighted by molar-refractivity contribution is 0.0675. The summed E-state index contributed by atoms with van der Waals surface area (Å²) in [5.74, 6) is -0.0670. The molecule has 5 rings (SSSR count). The zero-order valence-electron chi connectivity index (χ0n) is 20.4. The van der Waals surface area contributed by atoms with Gasteiger partial charge in [0.05, 0.1) is 28.7 Å². The largest absolute Gasteiger partial charge is 0.381 e. The third-order valence-electron chi connectivity index (χ3n) is 8.00. The fraction of sp³-hybridized carbons (Fsp3) is 0.577. The number of carbonyl (C=O) groups excluding carboxylic acids is 1. The molecule has 0 bridgehead atoms. The third kappa shape index (κ3) is 4.03. The van der Waals surface area contributed by atoms with Gasteiger partial charge in [-0.3, -0.25) is 14.3 Å².